The molecule has 0 spiro atoms. The summed E-state index contributed by atoms with van der Waals surface area (Å²) in [5, 5.41) is 6.37. The molecule has 0 unspecified atom stereocenters. The zero-order chi connectivity index (χ0) is 12.2. The Labute approximate surface area is 94.4 Å². The van der Waals surface area contributed by atoms with Crippen molar-refractivity contribution in [3.05, 3.63) is 11.7 Å². The van der Waals surface area contributed by atoms with Crippen molar-refractivity contribution >= 4 is 6.09 Å². The number of hydrogen-bond acceptors (Lipinski definition) is 5. The number of methoxy groups -OCH3 is 1. The number of hydrogen-bond donors (Lipinski definition) is 1. The molecular formula is C10H17N3O3. The van der Waals surface area contributed by atoms with Gasteiger partial charge in [0.2, 0.25) is 5.89 Å². The Morgan fingerprint density at radius 3 is 2.69 bits per heavy atom. The lowest BCUT2D eigenvalue weighted by molar-refractivity contribution is 0.171. The van der Waals surface area contributed by atoms with Crippen molar-refractivity contribution in [2.24, 2.45) is 0 Å². The number of alkyl carbamates (subject to hydrolysis) is 1. The van der Waals surface area contributed by atoms with Gasteiger partial charge in [-0.2, -0.15) is 4.98 Å². The van der Waals surface area contributed by atoms with E-state index in [0.29, 0.717) is 24.7 Å². The van der Waals surface area contributed by atoms with Crippen LogP contribution in [0, 0.1) is 0 Å². The largest absolute Gasteiger partial charge is 0.453 e. The third-order valence-corrected chi connectivity index (χ3v) is 1.91. The molecule has 6 nitrogen and oxygen atoms in total. The van der Waals surface area contributed by atoms with E-state index in [9.17, 15) is 4.79 Å². The monoisotopic (exact) mass is 227 g/mol. The molecule has 1 aromatic heterocycles. The Bertz CT molecular complexity index is 354. The lowest BCUT2D eigenvalue weighted by Crippen LogP contribution is -2.25. The molecule has 0 atom stereocenters. The van der Waals surface area contributed by atoms with Crippen molar-refractivity contribution in [1.29, 1.82) is 0 Å². The molecule has 0 aliphatic carbocycles. The molecule has 0 radical (unpaired) electrons. The van der Waals surface area contributed by atoms with E-state index in [1.807, 2.05) is 20.8 Å². The number of carbonyl (C=O) groups excluding carboxylic acids is 1. The van der Waals surface area contributed by atoms with Gasteiger partial charge in [-0.25, -0.2) is 4.79 Å². The highest BCUT2D eigenvalue weighted by Gasteiger charge is 2.21. The molecule has 0 aromatic carbocycles. The summed E-state index contributed by atoms with van der Waals surface area (Å²) in [6, 6.07) is 0. The van der Waals surface area contributed by atoms with Crippen LogP contribution in [0.3, 0.4) is 0 Å². The van der Waals surface area contributed by atoms with Gasteiger partial charge in [-0.15, -0.1) is 0 Å². The molecule has 0 fully saturated rings. The summed E-state index contributed by atoms with van der Waals surface area (Å²) in [5.41, 5.74) is -0.152. The van der Waals surface area contributed by atoms with Gasteiger partial charge in [0.25, 0.3) is 0 Å². The van der Waals surface area contributed by atoms with Crippen molar-refractivity contribution in [2.45, 2.75) is 32.6 Å². The molecule has 0 aliphatic heterocycles. The molecule has 1 aromatic rings. The van der Waals surface area contributed by atoms with Crippen molar-refractivity contribution in [1.82, 2.24) is 15.5 Å². The van der Waals surface area contributed by atoms with Gasteiger partial charge in [-0.05, 0) is 0 Å². The van der Waals surface area contributed by atoms with Crippen LogP contribution in [0.2, 0.25) is 0 Å². The normalized spacial score (nSPS) is 11.2. The van der Waals surface area contributed by atoms with Gasteiger partial charge in [0.05, 0.1) is 7.11 Å². The van der Waals surface area contributed by atoms with Crippen LogP contribution in [0.25, 0.3) is 0 Å². The summed E-state index contributed by atoms with van der Waals surface area (Å²) in [7, 11) is 1.32. The average Bonchev–Trinajstić information content (AvgIpc) is 2.65. The van der Waals surface area contributed by atoms with E-state index in [-0.39, 0.29) is 5.41 Å². The number of ether oxygens (including phenoxy) is 1. The second-order valence-corrected chi connectivity index (χ2v) is 4.43. The van der Waals surface area contributed by atoms with Crippen LogP contribution in [-0.2, 0) is 16.6 Å². The van der Waals surface area contributed by atoms with Crippen molar-refractivity contribution < 1.29 is 14.1 Å². The first kappa shape index (κ1) is 12.5. The first-order valence-electron chi connectivity index (χ1n) is 5.08. The predicted molar refractivity (Wildman–Crippen MR) is 57.1 cm³/mol. The molecular weight excluding hydrogens is 210 g/mol. The first-order valence-corrected chi connectivity index (χ1v) is 5.08. The third-order valence-electron chi connectivity index (χ3n) is 1.91. The molecule has 0 saturated heterocycles. The molecule has 16 heavy (non-hydrogen) atoms. The molecule has 90 valence electrons. The smallest absolute Gasteiger partial charge is 0.406 e. The van der Waals surface area contributed by atoms with Crippen molar-refractivity contribution in [3.63, 3.8) is 0 Å². The molecule has 1 rings (SSSR count). The van der Waals surface area contributed by atoms with Gasteiger partial charge < -0.3 is 14.6 Å². The minimum atomic E-state index is -0.459. The van der Waals surface area contributed by atoms with Crippen LogP contribution in [0.4, 0.5) is 4.79 Å². The van der Waals surface area contributed by atoms with Crippen LogP contribution in [-0.4, -0.2) is 29.9 Å². The van der Waals surface area contributed by atoms with Gasteiger partial charge in [-0.1, -0.05) is 25.9 Å². The van der Waals surface area contributed by atoms with Crippen LogP contribution in [0.5, 0.6) is 0 Å². The van der Waals surface area contributed by atoms with Gasteiger partial charge >= 0.3 is 6.09 Å². The zero-order valence-corrected chi connectivity index (χ0v) is 10.0. The highest BCUT2D eigenvalue weighted by Crippen LogP contribution is 2.19. The van der Waals surface area contributed by atoms with Crippen LogP contribution in [0.1, 0.15) is 32.5 Å². The maximum atomic E-state index is 10.8. The van der Waals surface area contributed by atoms with Crippen LogP contribution >= 0.6 is 0 Å². The maximum absolute atomic E-state index is 10.8. The van der Waals surface area contributed by atoms with Crippen molar-refractivity contribution in [3.8, 4) is 0 Å². The lowest BCUT2D eigenvalue weighted by Gasteiger charge is -2.10. The van der Waals surface area contributed by atoms with Gasteiger partial charge in [0, 0.05) is 18.4 Å². The Morgan fingerprint density at radius 1 is 1.50 bits per heavy atom. The van der Waals surface area contributed by atoms with E-state index in [1.54, 1.807) is 0 Å². The van der Waals surface area contributed by atoms with E-state index in [1.165, 1.54) is 7.11 Å². The fraction of sp³-hybridized carbons (Fsp3) is 0.700. The molecule has 1 amide bonds. The second kappa shape index (κ2) is 4.96. The van der Waals surface area contributed by atoms with Gasteiger partial charge in [0.15, 0.2) is 5.82 Å². The second-order valence-electron chi connectivity index (χ2n) is 4.43. The summed E-state index contributed by atoms with van der Waals surface area (Å²) in [6.07, 6.45) is 0.0637. The summed E-state index contributed by atoms with van der Waals surface area (Å²) in [5.74, 6) is 1.18. The lowest BCUT2D eigenvalue weighted by atomic mass is 9.97. The van der Waals surface area contributed by atoms with E-state index in [0.717, 1.165) is 0 Å². The number of rotatable bonds is 3. The average molecular weight is 227 g/mol. The Hall–Kier alpha value is -1.59. The number of amides is 1. The molecule has 0 bridgehead atoms. The van der Waals surface area contributed by atoms with Crippen LogP contribution in [0.15, 0.2) is 4.52 Å². The Morgan fingerprint density at radius 2 is 2.19 bits per heavy atom. The minimum absolute atomic E-state index is 0.152. The maximum Gasteiger partial charge on any atom is 0.406 e. The molecule has 0 saturated carbocycles. The topological polar surface area (TPSA) is 77.2 Å². The van der Waals surface area contributed by atoms with E-state index < -0.39 is 6.09 Å². The highest BCUT2D eigenvalue weighted by atomic mass is 16.5. The molecule has 1 heterocycles. The van der Waals surface area contributed by atoms with Crippen molar-refractivity contribution in [2.75, 3.05) is 13.7 Å². The highest BCUT2D eigenvalue weighted by molar-refractivity contribution is 5.66. The van der Waals surface area contributed by atoms with Gasteiger partial charge in [-0.3, -0.25) is 0 Å². The summed E-state index contributed by atoms with van der Waals surface area (Å²) in [6.45, 7) is 6.42. The van der Waals surface area contributed by atoms with Crippen LogP contribution < -0.4 is 5.32 Å². The zero-order valence-electron chi connectivity index (χ0n) is 10.0. The number of carbonyl (C=O) groups is 1. The number of nitrogens with zero attached hydrogens (tertiary/aromatic N) is 2. The van der Waals surface area contributed by atoms with E-state index in [4.69, 9.17) is 4.52 Å². The fourth-order valence-electron chi connectivity index (χ4n) is 1.01. The Kier molecular flexibility index (Phi) is 3.87. The molecule has 1 N–H and O–H groups in total. The van der Waals surface area contributed by atoms with Gasteiger partial charge in [0.1, 0.15) is 0 Å². The van der Waals surface area contributed by atoms with E-state index in [2.05, 4.69) is 20.2 Å². The summed E-state index contributed by atoms with van der Waals surface area (Å²) >= 11 is 0. The first-order chi connectivity index (χ1) is 7.43. The standard InChI is InChI=1S/C10H17N3O3/c1-10(2,3)8-12-7(13-16-8)5-6-11-9(14)15-4/h5-6H2,1-4H3,(H,11,14). The fourth-order valence-corrected chi connectivity index (χ4v) is 1.01. The summed E-state index contributed by atoms with van der Waals surface area (Å²) in [4.78, 5) is 15.0. The number of aromatic nitrogens is 2. The molecule has 6 heteroatoms. The predicted octanol–water partition coefficient (Wildman–Crippen LogP) is 1.27. The number of nitrogens with one attached hydrogen (secondary N) is 1. The van der Waals surface area contributed by atoms with E-state index >= 15 is 0 Å². The third kappa shape index (κ3) is 3.52. The molecule has 0 aliphatic rings. The minimum Gasteiger partial charge on any atom is -0.453 e. The Balaban J connectivity index is 2.44. The SMILES string of the molecule is COC(=O)NCCc1noc(C(C)(C)C)n1. The summed E-state index contributed by atoms with van der Waals surface area (Å²) < 4.78 is 9.54. The quantitative estimate of drug-likeness (QED) is 0.841.